The molecule has 0 bridgehead atoms. The van der Waals surface area contributed by atoms with Crippen LogP contribution in [0.5, 0.6) is 0 Å². The molecule has 0 heteroatoms. The first-order valence-electron chi connectivity index (χ1n) is 5.26. The zero-order valence-electron chi connectivity index (χ0n) is 8.18. The van der Waals surface area contributed by atoms with Gasteiger partial charge in [0.25, 0.3) is 0 Å². The topological polar surface area (TPSA) is 0 Å². The number of hydrogen-bond acceptors (Lipinski definition) is 0. The van der Waals surface area contributed by atoms with Crippen molar-refractivity contribution < 1.29 is 0 Å². The maximum absolute atomic E-state index is 2.46. The Morgan fingerprint density at radius 3 is 2.67 bits per heavy atom. The molecule has 0 saturated heterocycles. The first-order chi connectivity index (χ1) is 5.93. The molecule has 0 unspecified atom stereocenters. The van der Waals surface area contributed by atoms with Gasteiger partial charge in [0.2, 0.25) is 0 Å². The van der Waals surface area contributed by atoms with Crippen LogP contribution in [0.1, 0.15) is 51.9 Å². The van der Waals surface area contributed by atoms with Crippen LogP contribution in [0.3, 0.4) is 0 Å². The smallest absolute Gasteiger partial charge is 0.0286 e. The molecule has 1 rings (SSSR count). The molecule has 12 heavy (non-hydrogen) atoms. The highest BCUT2D eigenvalue weighted by molar-refractivity contribution is 5.03. The SMILES string of the molecule is CCC1=CCCCC/C=C\CC1. The summed E-state index contributed by atoms with van der Waals surface area (Å²) in [5.41, 5.74) is 1.65. The summed E-state index contributed by atoms with van der Waals surface area (Å²) in [7, 11) is 0. The monoisotopic (exact) mass is 164 g/mol. The molecule has 0 aromatic rings. The molecule has 1 aliphatic rings. The van der Waals surface area contributed by atoms with Gasteiger partial charge in [0, 0.05) is 0 Å². The lowest BCUT2D eigenvalue weighted by Gasteiger charge is -2.04. The van der Waals surface area contributed by atoms with Crippen molar-refractivity contribution in [3.8, 4) is 0 Å². The van der Waals surface area contributed by atoms with Gasteiger partial charge in [0.1, 0.15) is 0 Å². The normalized spacial score (nSPS) is 22.9. The fourth-order valence-electron chi connectivity index (χ4n) is 1.64. The van der Waals surface area contributed by atoms with Gasteiger partial charge in [0.15, 0.2) is 0 Å². The van der Waals surface area contributed by atoms with Gasteiger partial charge >= 0.3 is 0 Å². The molecule has 0 atom stereocenters. The van der Waals surface area contributed by atoms with Crippen molar-refractivity contribution in [2.75, 3.05) is 0 Å². The Bertz CT molecular complexity index is 163. The van der Waals surface area contributed by atoms with Crippen LogP contribution in [0.15, 0.2) is 23.8 Å². The van der Waals surface area contributed by atoms with Crippen LogP contribution < -0.4 is 0 Å². The third kappa shape index (κ3) is 3.75. The molecule has 0 fully saturated rings. The molecular weight excluding hydrogens is 144 g/mol. The van der Waals surface area contributed by atoms with E-state index < -0.39 is 0 Å². The van der Waals surface area contributed by atoms with E-state index in [1.54, 1.807) is 5.57 Å². The summed E-state index contributed by atoms with van der Waals surface area (Å²) in [6.07, 6.45) is 16.2. The Kier molecular flexibility index (Phi) is 4.82. The number of allylic oxidation sites excluding steroid dienone is 4. The molecule has 68 valence electrons. The molecule has 0 spiro atoms. The van der Waals surface area contributed by atoms with Gasteiger partial charge in [0.05, 0.1) is 0 Å². The summed E-state index contributed by atoms with van der Waals surface area (Å²) in [6, 6.07) is 0. The van der Waals surface area contributed by atoms with E-state index in [-0.39, 0.29) is 0 Å². The fraction of sp³-hybridized carbons (Fsp3) is 0.667. The lowest BCUT2D eigenvalue weighted by molar-refractivity contribution is 0.743. The van der Waals surface area contributed by atoms with E-state index >= 15 is 0 Å². The van der Waals surface area contributed by atoms with E-state index in [0.29, 0.717) is 0 Å². The van der Waals surface area contributed by atoms with Crippen LogP contribution in [-0.4, -0.2) is 0 Å². The molecule has 1 aliphatic carbocycles. The first-order valence-corrected chi connectivity index (χ1v) is 5.26. The zero-order chi connectivity index (χ0) is 8.65. The molecule has 0 aromatic carbocycles. The van der Waals surface area contributed by atoms with Gasteiger partial charge < -0.3 is 0 Å². The van der Waals surface area contributed by atoms with Crippen molar-refractivity contribution in [3.63, 3.8) is 0 Å². The Morgan fingerprint density at radius 1 is 1.08 bits per heavy atom. The van der Waals surface area contributed by atoms with Gasteiger partial charge in [-0.2, -0.15) is 0 Å². The first kappa shape index (κ1) is 9.57. The second-order valence-corrected chi connectivity index (χ2v) is 3.51. The van der Waals surface area contributed by atoms with Crippen molar-refractivity contribution in [1.82, 2.24) is 0 Å². The highest BCUT2D eigenvalue weighted by Gasteiger charge is 1.94. The van der Waals surface area contributed by atoms with Crippen LogP contribution in [-0.2, 0) is 0 Å². The molecule has 0 saturated carbocycles. The Balaban J connectivity index is 2.40. The van der Waals surface area contributed by atoms with E-state index in [0.717, 1.165) is 0 Å². The van der Waals surface area contributed by atoms with Gasteiger partial charge in [-0.25, -0.2) is 0 Å². The van der Waals surface area contributed by atoms with Gasteiger partial charge in [-0.3, -0.25) is 0 Å². The molecule has 0 nitrogen and oxygen atoms in total. The minimum absolute atomic E-state index is 1.24. The third-order valence-corrected chi connectivity index (χ3v) is 2.51. The highest BCUT2D eigenvalue weighted by atomic mass is 14.0. The fourth-order valence-corrected chi connectivity index (χ4v) is 1.64. The molecule has 0 N–H and O–H groups in total. The summed E-state index contributed by atoms with van der Waals surface area (Å²) < 4.78 is 0. The minimum Gasteiger partial charge on any atom is -0.0885 e. The molecule has 0 heterocycles. The summed E-state index contributed by atoms with van der Waals surface area (Å²) in [5, 5.41) is 0. The van der Waals surface area contributed by atoms with Crippen molar-refractivity contribution >= 4 is 0 Å². The van der Waals surface area contributed by atoms with Gasteiger partial charge in [-0.1, -0.05) is 30.7 Å². The maximum Gasteiger partial charge on any atom is -0.0286 e. The predicted octanol–water partition coefficient (Wildman–Crippen LogP) is 4.23. The lowest BCUT2D eigenvalue weighted by Crippen LogP contribution is -1.84. The van der Waals surface area contributed by atoms with E-state index in [1.807, 2.05) is 0 Å². The van der Waals surface area contributed by atoms with Crippen LogP contribution >= 0.6 is 0 Å². The predicted molar refractivity (Wildman–Crippen MR) is 55.2 cm³/mol. The number of rotatable bonds is 1. The number of hydrogen-bond donors (Lipinski definition) is 0. The van der Waals surface area contributed by atoms with E-state index in [2.05, 4.69) is 25.2 Å². The zero-order valence-corrected chi connectivity index (χ0v) is 8.18. The minimum atomic E-state index is 1.24. The second kappa shape index (κ2) is 6.05. The maximum atomic E-state index is 2.46. The molecule has 0 aliphatic heterocycles. The lowest BCUT2D eigenvalue weighted by atomic mass is 10.0. The summed E-state index contributed by atoms with van der Waals surface area (Å²) in [4.78, 5) is 0. The molecule has 0 amide bonds. The summed E-state index contributed by atoms with van der Waals surface area (Å²) >= 11 is 0. The van der Waals surface area contributed by atoms with Gasteiger partial charge in [-0.15, -0.1) is 0 Å². The Morgan fingerprint density at radius 2 is 1.83 bits per heavy atom. The molecule has 0 radical (unpaired) electrons. The van der Waals surface area contributed by atoms with E-state index in [9.17, 15) is 0 Å². The largest absolute Gasteiger partial charge is 0.0885 e. The summed E-state index contributed by atoms with van der Waals surface area (Å²) in [5.74, 6) is 0. The third-order valence-electron chi connectivity index (χ3n) is 2.51. The van der Waals surface area contributed by atoms with Crippen molar-refractivity contribution in [1.29, 1.82) is 0 Å². The van der Waals surface area contributed by atoms with Crippen molar-refractivity contribution in [3.05, 3.63) is 23.8 Å². The van der Waals surface area contributed by atoms with Gasteiger partial charge in [-0.05, 0) is 44.9 Å². The average Bonchev–Trinajstić information content (AvgIpc) is 2.14. The average molecular weight is 164 g/mol. The van der Waals surface area contributed by atoms with Crippen molar-refractivity contribution in [2.45, 2.75) is 51.9 Å². The van der Waals surface area contributed by atoms with E-state index in [1.165, 1.54) is 44.9 Å². The van der Waals surface area contributed by atoms with Crippen molar-refractivity contribution in [2.24, 2.45) is 0 Å². The van der Waals surface area contributed by atoms with Crippen LogP contribution in [0.4, 0.5) is 0 Å². The summed E-state index contributed by atoms with van der Waals surface area (Å²) in [6.45, 7) is 2.27. The second-order valence-electron chi connectivity index (χ2n) is 3.51. The molecular formula is C12H20. The van der Waals surface area contributed by atoms with Crippen LogP contribution in [0, 0.1) is 0 Å². The highest BCUT2D eigenvalue weighted by Crippen LogP contribution is 2.14. The Labute approximate surface area is 76.4 Å². The van der Waals surface area contributed by atoms with Crippen LogP contribution in [0.25, 0.3) is 0 Å². The van der Waals surface area contributed by atoms with Crippen LogP contribution in [0.2, 0.25) is 0 Å². The quantitative estimate of drug-likeness (QED) is 0.509. The molecule has 0 aromatic heterocycles. The Hall–Kier alpha value is -0.520. The standard InChI is InChI=1S/C12H20/c1-2-12-10-8-6-4-3-5-7-9-11-12/h4,6,11H,2-3,5,7-10H2,1H3/b6-4-,12-11?. The van der Waals surface area contributed by atoms with E-state index in [4.69, 9.17) is 0 Å².